The van der Waals surface area contributed by atoms with Gasteiger partial charge in [-0.25, -0.2) is 9.97 Å². The van der Waals surface area contributed by atoms with Crippen LogP contribution in [0.1, 0.15) is 18.7 Å². The maximum atomic E-state index is 12.5. The fraction of sp³-hybridized carbons (Fsp3) is 0.273. The number of amides is 1. The van der Waals surface area contributed by atoms with Gasteiger partial charge in [0.05, 0.1) is 28.3 Å². The van der Waals surface area contributed by atoms with Crippen molar-refractivity contribution in [2.75, 3.05) is 6.54 Å². The Morgan fingerprint density at radius 3 is 2.66 bits per heavy atom. The van der Waals surface area contributed by atoms with E-state index >= 15 is 0 Å². The number of para-hydroxylation sites is 3. The van der Waals surface area contributed by atoms with Gasteiger partial charge in [0.25, 0.3) is 5.56 Å². The van der Waals surface area contributed by atoms with Crippen LogP contribution in [0, 0.1) is 6.92 Å². The van der Waals surface area contributed by atoms with Gasteiger partial charge in [0.1, 0.15) is 5.82 Å². The number of carbonyl (C=O) groups is 1. The molecule has 7 nitrogen and oxygen atoms in total. The topological polar surface area (TPSA) is 81.8 Å². The van der Waals surface area contributed by atoms with Crippen LogP contribution in [-0.2, 0) is 17.9 Å². The van der Waals surface area contributed by atoms with Gasteiger partial charge in [0, 0.05) is 26.1 Å². The number of carbonyl (C=O) groups excluding carboxylic acids is 1. The SMILES string of the molecule is Cc1nc2ccccc2n1CCCNC(=O)CCn1cnc2ccccc2c1=O. The first kappa shape index (κ1) is 18.9. The van der Waals surface area contributed by atoms with Crippen LogP contribution in [0.15, 0.2) is 59.7 Å². The molecule has 4 aromatic rings. The Hall–Kier alpha value is -3.48. The van der Waals surface area contributed by atoms with E-state index in [4.69, 9.17) is 0 Å². The number of fused-ring (bicyclic) bond motifs is 2. The lowest BCUT2D eigenvalue weighted by molar-refractivity contribution is -0.121. The van der Waals surface area contributed by atoms with Crippen LogP contribution < -0.4 is 10.9 Å². The first-order valence-electron chi connectivity index (χ1n) is 9.76. The summed E-state index contributed by atoms with van der Waals surface area (Å²) in [4.78, 5) is 33.5. The number of hydrogen-bond acceptors (Lipinski definition) is 4. The van der Waals surface area contributed by atoms with E-state index in [1.807, 2.05) is 37.3 Å². The highest BCUT2D eigenvalue weighted by molar-refractivity contribution is 5.78. The minimum atomic E-state index is -0.120. The smallest absolute Gasteiger partial charge is 0.261 e. The molecule has 1 N–H and O–H groups in total. The van der Waals surface area contributed by atoms with Crippen molar-refractivity contribution < 1.29 is 4.79 Å². The number of hydrogen-bond donors (Lipinski definition) is 1. The molecule has 2 aromatic carbocycles. The molecule has 0 bridgehead atoms. The van der Waals surface area contributed by atoms with Crippen LogP contribution in [0.2, 0.25) is 0 Å². The average molecular weight is 389 g/mol. The molecule has 0 saturated carbocycles. The van der Waals surface area contributed by atoms with Crippen LogP contribution in [0.4, 0.5) is 0 Å². The summed E-state index contributed by atoms with van der Waals surface area (Å²) in [5.41, 5.74) is 2.65. The zero-order valence-corrected chi connectivity index (χ0v) is 16.3. The lowest BCUT2D eigenvalue weighted by Crippen LogP contribution is -2.28. The van der Waals surface area contributed by atoms with Crippen LogP contribution in [-0.4, -0.2) is 31.6 Å². The lowest BCUT2D eigenvalue weighted by Gasteiger charge is -2.09. The van der Waals surface area contributed by atoms with Crippen molar-refractivity contribution in [3.05, 3.63) is 71.0 Å². The summed E-state index contributed by atoms with van der Waals surface area (Å²) in [6.45, 7) is 3.68. The van der Waals surface area contributed by atoms with Crippen molar-refractivity contribution >= 4 is 27.8 Å². The molecule has 0 spiro atoms. The molecule has 0 aliphatic rings. The molecule has 0 aliphatic heterocycles. The summed E-state index contributed by atoms with van der Waals surface area (Å²) < 4.78 is 3.66. The van der Waals surface area contributed by atoms with E-state index in [2.05, 4.69) is 25.9 Å². The molecule has 148 valence electrons. The van der Waals surface area contributed by atoms with Crippen molar-refractivity contribution in [3.8, 4) is 0 Å². The second kappa shape index (κ2) is 8.26. The summed E-state index contributed by atoms with van der Waals surface area (Å²) in [6, 6.07) is 15.3. The van der Waals surface area contributed by atoms with Crippen LogP contribution in [0.5, 0.6) is 0 Å². The number of imidazole rings is 1. The Kier molecular flexibility index (Phi) is 5.37. The van der Waals surface area contributed by atoms with Crippen molar-refractivity contribution in [3.63, 3.8) is 0 Å². The molecule has 0 atom stereocenters. The molecule has 0 radical (unpaired) electrons. The van der Waals surface area contributed by atoms with Gasteiger partial charge in [0.15, 0.2) is 0 Å². The third kappa shape index (κ3) is 4.03. The van der Waals surface area contributed by atoms with E-state index in [0.29, 0.717) is 24.0 Å². The monoisotopic (exact) mass is 389 g/mol. The third-order valence-electron chi connectivity index (χ3n) is 5.04. The van der Waals surface area contributed by atoms with Gasteiger partial charge in [-0.1, -0.05) is 24.3 Å². The van der Waals surface area contributed by atoms with Crippen molar-refractivity contribution in [2.24, 2.45) is 0 Å². The Labute approximate surface area is 168 Å². The molecular formula is C22H23N5O2. The van der Waals surface area contributed by atoms with Crippen molar-refractivity contribution in [2.45, 2.75) is 32.9 Å². The second-order valence-electron chi connectivity index (χ2n) is 7.01. The molecule has 0 unspecified atom stereocenters. The largest absolute Gasteiger partial charge is 0.356 e. The summed E-state index contributed by atoms with van der Waals surface area (Å²) in [5.74, 6) is 0.901. The summed E-state index contributed by atoms with van der Waals surface area (Å²) in [6.07, 6.45) is 2.56. The van der Waals surface area contributed by atoms with E-state index in [-0.39, 0.29) is 17.9 Å². The standard InChI is InChI=1S/C22H23N5O2/c1-16-25-19-9-4-5-10-20(19)27(16)13-6-12-23-21(28)11-14-26-15-24-18-8-3-2-7-17(18)22(26)29/h2-5,7-10,15H,6,11-14H2,1H3,(H,23,28). The predicted molar refractivity (Wildman–Crippen MR) is 113 cm³/mol. The molecule has 29 heavy (non-hydrogen) atoms. The highest BCUT2D eigenvalue weighted by Crippen LogP contribution is 2.15. The minimum Gasteiger partial charge on any atom is -0.356 e. The van der Waals surface area contributed by atoms with Crippen LogP contribution in [0.3, 0.4) is 0 Å². The van der Waals surface area contributed by atoms with Crippen LogP contribution >= 0.6 is 0 Å². The first-order valence-corrected chi connectivity index (χ1v) is 9.76. The van der Waals surface area contributed by atoms with E-state index in [0.717, 1.165) is 29.8 Å². The van der Waals surface area contributed by atoms with Gasteiger partial charge in [-0.3, -0.25) is 14.2 Å². The number of rotatable bonds is 7. The number of aromatic nitrogens is 4. The van der Waals surface area contributed by atoms with Crippen molar-refractivity contribution in [1.29, 1.82) is 0 Å². The van der Waals surface area contributed by atoms with Gasteiger partial charge < -0.3 is 9.88 Å². The van der Waals surface area contributed by atoms with Gasteiger partial charge in [0.2, 0.25) is 5.91 Å². The molecule has 0 saturated heterocycles. The highest BCUT2D eigenvalue weighted by Gasteiger charge is 2.08. The first-order chi connectivity index (χ1) is 14.1. The molecule has 0 aliphatic carbocycles. The van der Waals surface area contributed by atoms with Gasteiger partial charge >= 0.3 is 0 Å². The average Bonchev–Trinajstić information content (AvgIpc) is 3.06. The predicted octanol–water partition coefficient (Wildman–Crippen LogP) is 2.65. The molecule has 7 heteroatoms. The molecule has 2 heterocycles. The van der Waals surface area contributed by atoms with Gasteiger partial charge in [-0.2, -0.15) is 0 Å². The third-order valence-corrected chi connectivity index (χ3v) is 5.04. The molecule has 0 fully saturated rings. The zero-order chi connectivity index (χ0) is 20.2. The molecular weight excluding hydrogens is 366 g/mol. The zero-order valence-electron chi connectivity index (χ0n) is 16.3. The fourth-order valence-corrected chi connectivity index (χ4v) is 3.52. The molecule has 2 aromatic heterocycles. The molecule has 1 amide bonds. The quantitative estimate of drug-likeness (QED) is 0.493. The van der Waals surface area contributed by atoms with E-state index < -0.39 is 0 Å². The number of aryl methyl sites for hydroxylation is 3. The maximum Gasteiger partial charge on any atom is 0.261 e. The van der Waals surface area contributed by atoms with Crippen LogP contribution in [0.25, 0.3) is 21.9 Å². The number of nitrogens with zero attached hydrogens (tertiary/aromatic N) is 4. The Balaban J connectivity index is 1.28. The van der Waals surface area contributed by atoms with E-state index in [1.165, 1.54) is 10.9 Å². The Bertz CT molecular complexity index is 1220. The Morgan fingerprint density at radius 1 is 1.03 bits per heavy atom. The minimum absolute atomic E-state index is 0.0720. The van der Waals surface area contributed by atoms with Gasteiger partial charge in [-0.05, 0) is 37.6 Å². The summed E-state index contributed by atoms with van der Waals surface area (Å²) in [5, 5.41) is 3.50. The lowest BCUT2D eigenvalue weighted by atomic mass is 10.2. The molecule has 4 rings (SSSR count). The highest BCUT2D eigenvalue weighted by atomic mass is 16.1. The Morgan fingerprint density at radius 2 is 1.79 bits per heavy atom. The normalized spacial score (nSPS) is 11.2. The summed E-state index contributed by atoms with van der Waals surface area (Å²) in [7, 11) is 0. The maximum absolute atomic E-state index is 12.5. The second-order valence-corrected chi connectivity index (χ2v) is 7.01. The summed E-state index contributed by atoms with van der Waals surface area (Å²) >= 11 is 0. The van der Waals surface area contributed by atoms with E-state index in [1.54, 1.807) is 12.1 Å². The van der Waals surface area contributed by atoms with E-state index in [9.17, 15) is 9.59 Å². The van der Waals surface area contributed by atoms with Gasteiger partial charge in [-0.15, -0.1) is 0 Å². The number of nitrogens with one attached hydrogen (secondary N) is 1. The van der Waals surface area contributed by atoms with Crippen molar-refractivity contribution in [1.82, 2.24) is 24.4 Å². The number of benzene rings is 2. The fourth-order valence-electron chi connectivity index (χ4n) is 3.52.